The van der Waals surface area contributed by atoms with E-state index >= 15 is 0 Å². The zero-order valence-corrected chi connectivity index (χ0v) is 18.5. The van der Waals surface area contributed by atoms with E-state index in [0.717, 1.165) is 0 Å². The van der Waals surface area contributed by atoms with E-state index in [2.05, 4.69) is 78.5 Å². The molecule has 0 bridgehead atoms. The number of hydrazine groups is 1. The molecule has 2 aliphatic rings. The maximum absolute atomic E-state index is 3.68. The first-order chi connectivity index (χ1) is 14.4. The number of hydrogen-bond acceptors (Lipinski definition) is 2. The van der Waals surface area contributed by atoms with Gasteiger partial charge in [0.05, 0.1) is 0 Å². The van der Waals surface area contributed by atoms with Crippen molar-refractivity contribution in [3.05, 3.63) is 72.4 Å². The van der Waals surface area contributed by atoms with Gasteiger partial charge in [-0.1, -0.05) is 131 Å². The summed E-state index contributed by atoms with van der Waals surface area (Å²) < 4.78 is 0. The molecule has 0 saturated heterocycles. The molecule has 1 atom stereocenters. The fourth-order valence-electron chi connectivity index (χ4n) is 3.94. The fraction of sp³-hybridized carbons (Fsp3) is 0.556. The van der Waals surface area contributed by atoms with Gasteiger partial charge < -0.3 is 0 Å². The van der Waals surface area contributed by atoms with Crippen molar-refractivity contribution in [2.75, 3.05) is 0 Å². The van der Waals surface area contributed by atoms with Crippen molar-refractivity contribution in [2.24, 2.45) is 0 Å². The van der Waals surface area contributed by atoms with Crippen molar-refractivity contribution in [3.8, 4) is 0 Å². The highest BCUT2D eigenvalue weighted by atomic mass is 15.4. The summed E-state index contributed by atoms with van der Waals surface area (Å²) in [7, 11) is 0. The van der Waals surface area contributed by atoms with E-state index in [1.165, 1.54) is 82.6 Å². The van der Waals surface area contributed by atoms with Gasteiger partial charge in [-0.3, -0.25) is 10.9 Å². The fourth-order valence-corrected chi connectivity index (χ4v) is 3.94. The molecule has 1 saturated carbocycles. The smallest absolute Gasteiger partial charge is 0.0434 e. The van der Waals surface area contributed by atoms with Gasteiger partial charge >= 0.3 is 0 Å². The lowest BCUT2D eigenvalue weighted by Gasteiger charge is -2.23. The quantitative estimate of drug-likeness (QED) is 0.490. The number of hydrogen-bond donors (Lipinski definition) is 2. The molecule has 2 N–H and O–H groups in total. The van der Waals surface area contributed by atoms with Gasteiger partial charge in [0, 0.05) is 12.1 Å². The van der Waals surface area contributed by atoms with E-state index in [9.17, 15) is 0 Å². The molecule has 0 aliphatic heterocycles. The van der Waals surface area contributed by atoms with E-state index in [-0.39, 0.29) is 6.04 Å². The standard InChI is InChI=1S/C27H42N2/c1-25(26-21-17-13-9-5-4-6-10-14-18-22-26)28-29-27-23-19-15-11-7-2-3-8-12-16-20-24-27/h4-6,9-10,13-14,17-18,21-22,25,27-29H,2-3,7-8,11-12,15-16,19-20,23-24H2,1H3/b5-4-,6-4?,9-5?,10-6-,13-9-,14-10?,17-13?,18-14-,21-17?,22-18?,26-21?,26-22?. The highest BCUT2D eigenvalue weighted by molar-refractivity contribution is 5.32. The summed E-state index contributed by atoms with van der Waals surface area (Å²) in [4.78, 5) is 0. The predicted octanol–water partition coefficient (Wildman–Crippen LogP) is 7.25. The van der Waals surface area contributed by atoms with Crippen LogP contribution in [0.1, 0.15) is 84.0 Å². The lowest BCUT2D eigenvalue weighted by molar-refractivity contribution is 0.352. The molecule has 29 heavy (non-hydrogen) atoms. The molecule has 0 heterocycles. The summed E-state index contributed by atoms with van der Waals surface area (Å²) in [6.45, 7) is 2.24. The van der Waals surface area contributed by atoms with Crippen LogP contribution in [0.4, 0.5) is 0 Å². The van der Waals surface area contributed by atoms with Gasteiger partial charge in [0.25, 0.3) is 0 Å². The van der Waals surface area contributed by atoms with Gasteiger partial charge in [-0.05, 0) is 25.3 Å². The van der Waals surface area contributed by atoms with Crippen LogP contribution >= 0.6 is 0 Å². The van der Waals surface area contributed by atoms with Crippen molar-refractivity contribution < 1.29 is 0 Å². The predicted molar refractivity (Wildman–Crippen MR) is 129 cm³/mol. The molecule has 2 nitrogen and oxygen atoms in total. The molecular weight excluding hydrogens is 352 g/mol. The Kier molecular flexibility index (Phi) is 13.2. The van der Waals surface area contributed by atoms with Gasteiger partial charge in [-0.2, -0.15) is 0 Å². The van der Waals surface area contributed by atoms with Crippen LogP contribution in [0, 0.1) is 0 Å². The maximum atomic E-state index is 3.68. The average molecular weight is 395 g/mol. The molecular formula is C27H42N2. The van der Waals surface area contributed by atoms with Gasteiger partial charge in [0.15, 0.2) is 0 Å². The van der Waals surface area contributed by atoms with Gasteiger partial charge in [-0.25, -0.2) is 0 Å². The third kappa shape index (κ3) is 11.8. The monoisotopic (exact) mass is 394 g/mol. The lowest BCUT2D eigenvalue weighted by atomic mass is 10.0. The summed E-state index contributed by atoms with van der Waals surface area (Å²) >= 11 is 0. The second-order valence-electron chi connectivity index (χ2n) is 8.39. The van der Waals surface area contributed by atoms with Crippen LogP contribution in [-0.4, -0.2) is 12.1 Å². The summed E-state index contributed by atoms with van der Waals surface area (Å²) in [6, 6.07) is 0.842. The minimum Gasteiger partial charge on any atom is -0.254 e. The van der Waals surface area contributed by atoms with Crippen molar-refractivity contribution in [3.63, 3.8) is 0 Å². The molecule has 2 aliphatic carbocycles. The van der Waals surface area contributed by atoms with E-state index in [1.807, 2.05) is 6.08 Å². The molecule has 0 spiro atoms. The third-order valence-corrected chi connectivity index (χ3v) is 5.83. The number of nitrogens with one attached hydrogen (secondary N) is 2. The Balaban J connectivity index is 1.87. The summed E-state index contributed by atoms with van der Waals surface area (Å²) in [5.41, 5.74) is 8.56. The van der Waals surface area contributed by atoms with Crippen molar-refractivity contribution in [1.29, 1.82) is 0 Å². The van der Waals surface area contributed by atoms with Gasteiger partial charge in [0.2, 0.25) is 0 Å². The van der Waals surface area contributed by atoms with E-state index in [1.54, 1.807) is 0 Å². The molecule has 2 rings (SSSR count). The first-order valence-corrected chi connectivity index (χ1v) is 11.9. The summed E-state index contributed by atoms with van der Waals surface area (Å²) in [6.07, 6.45) is 39.7. The van der Waals surface area contributed by atoms with Crippen molar-refractivity contribution in [1.82, 2.24) is 10.9 Å². The Bertz CT molecular complexity index is 578. The maximum Gasteiger partial charge on any atom is 0.0434 e. The first kappa shape index (κ1) is 23.6. The summed E-state index contributed by atoms with van der Waals surface area (Å²) in [5, 5.41) is 0. The number of rotatable bonds is 4. The first-order valence-electron chi connectivity index (χ1n) is 11.9. The Morgan fingerprint density at radius 1 is 0.621 bits per heavy atom. The van der Waals surface area contributed by atoms with Crippen LogP contribution in [0.25, 0.3) is 0 Å². The van der Waals surface area contributed by atoms with E-state index in [0.29, 0.717) is 6.04 Å². The zero-order valence-electron chi connectivity index (χ0n) is 18.5. The average Bonchev–Trinajstić information content (AvgIpc) is 2.74. The van der Waals surface area contributed by atoms with E-state index < -0.39 is 0 Å². The second-order valence-corrected chi connectivity index (χ2v) is 8.39. The SMILES string of the molecule is CC(NNC1CCCCCCCCCCCC1)C1=C\C=C/C=C\C=C/C=C\C=C1. The topological polar surface area (TPSA) is 24.1 Å². The number of allylic oxidation sites excluding steroid dienone is 10. The van der Waals surface area contributed by atoms with Gasteiger partial charge in [-0.15, -0.1) is 0 Å². The molecule has 1 unspecified atom stereocenters. The second kappa shape index (κ2) is 16.2. The summed E-state index contributed by atoms with van der Waals surface area (Å²) in [5.74, 6) is 0. The molecule has 0 aromatic heterocycles. The minimum atomic E-state index is 0.261. The zero-order chi connectivity index (χ0) is 20.4. The molecule has 0 aromatic rings. The third-order valence-electron chi connectivity index (χ3n) is 5.83. The van der Waals surface area contributed by atoms with Gasteiger partial charge in [0.1, 0.15) is 0 Å². The Hall–Kier alpha value is -1.64. The molecule has 160 valence electrons. The minimum absolute atomic E-state index is 0.261. The highest BCUT2D eigenvalue weighted by Crippen LogP contribution is 2.17. The molecule has 0 radical (unpaired) electrons. The normalized spacial score (nSPS) is 26.3. The van der Waals surface area contributed by atoms with Crippen LogP contribution in [0.15, 0.2) is 72.4 Å². The van der Waals surface area contributed by atoms with Crippen molar-refractivity contribution in [2.45, 2.75) is 96.1 Å². The molecule has 2 heteroatoms. The Labute approximate surface area is 179 Å². The van der Waals surface area contributed by atoms with Crippen LogP contribution in [-0.2, 0) is 0 Å². The largest absolute Gasteiger partial charge is 0.254 e. The van der Waals surface area contributed by atoms with Crippen LogP contribution in [0.3, 0.4) is 0 Å². The Morgan fingerprint density at radius 3 is 1.62 bits per heavy atom. The van der Waals surface area contributed by atoms with E-state index in [4.69, 9.17) is 0 Å². The Morgan fingerprint density at radius 2 is 1.07 bits per heavy atom. The van der Waals surface area contributed by atoms with Crippen LogP contribution < -0.4 is 10.9 Å². The van der Waals surface area contributed by atoms with Crippen molar-refractivity contribution >= 4 is 0 Å². The molecule has 0 aromatic carbocycles. The van der Waals surface area contributed by atoms with Crippen LogP contribution in [0.5, 0.6) is 0 Å². The molecule has 1 fully saturated rings. The highest BCUT2D eigenvalue weighted by Gasteiger charge is 2.11. The van der Waals surface area contributed by atoms with Crippen LogP contribution in [0.2, 0.25) is 0 Å². The molecule has 0 amide bonds. The lowest BCUT2D eigenvalue weighted by Crippen LogP contribution is -2.46.